The van der Waals surface area contributed by atoms with Crippen LogP contribution in [0.25, 0.3) is 0 Å². The zero-order valence-corrected chi connectivity index (χ0v) is 19.3. The van der Waals surface area contributed by atoms with Crippen LogP contribution in [-0.2, 0) is 11.3 Å². The Morgan fingerprint density at radius 2 is 1.94 bits per heavy atom. The van der Waals surface area contributed by atoms with Crippen molar-refractivity contribution in [3.8, 4) is 11.8 Å². The molecule has 2 aromatic rings. The number of rotatable bonds is 5. The molecule has 2 aliphatic rings. The van der Waals surface area contributed by atoms with Gasteiger partial charge in [0.25, 0.3) is 5.56 Å². The zero-order valence-electron chi connectivity index (χ0n) is 17.8. The third kappa shape index (κ3) is 4.24. The van der Waals surface area contributed by atoms with Gasteiger partial charge < -0.3 is 24.7 Å². The first-order valence-corrected chi connectivity index (χ1v) is 11.3. The first-order chi connectivity index (χ1) is 15.4. The van der Waals surface area contributed by atoms with E-state index in [0.717, 1.165) is 45.0 Å². The molecule has 3 heterocycles. The maximum absolute atomic E-state index is 13.7. The quantitative estimate of drug-likeness (QED) is 0.689. The lowest BCUT2D eigenvalue weighted by molar-refractivity contribution is -0.908. The van der Waals surface area contributed by atoms with Crippen LogP contribution in [0.4, 0.5) is 0 Å². The van der Waals surface area contributed by atoms with Crippen LogP contribution in [0.2, 0.25) is 10.0 Å². The summed E-state index contributed by atoms with van der Waals surface area (Å²) >= 11 is 12.9. The fourth-order valence-corrected chi connectivity index (χ4v) is 5.05. The summed E-state index contributed by atoms with van der Waals surface area (Å²) in [6.45, 7) is 6.89. The number of hydrogen-bond donors (Lipinski definition) is 2. The lowest BCUT2D eigenvalue weighted by atomic mass is 9.84. The number of hydrogen-bond acceptors (Lipinski definition) is 5. The van der Waals surface area contributed by atoms with E-state index in [4.69, 9.17) is 38.4 Å². The molecule has 3 N–H and O–H groups in total. The molecule has 7 nitrogen and oxygen atoms in total. The molecule has 168 valence electrons. The van der Waals surface area contributed by atoms with Crippen molar-refractivity contribution < 1.29 is 14.4 Å². The number of nitrogens with two attached hydrogens (primary N) is 1. The molecule has 1 aromatic carbocycles. The molecule has 2 aliphatic heterocycles. The molecule has 0 aliphatic carbocycles. The van der Waals surface area contributed by atoms with Crippen molar-refractivity contribution in [2.45, 2.75) is 25.8 Å². The number of benzene rings is 1. The number of nitrogens with one attached hydrogen (secondary N) is 1. The molecule has 0 radical (unpaired) electrons. The molecular weight excluding hydrogens is 451 g/mol. The highest BCUT2D eigenvalue weighted by atomic mass is 35.5. The number of halogens is 2. The average Bonchev–Trinajstić information content (AvgIpc) is 2.76. The molecule has 32 heavy (non-hydrogen) atoms. The monoisotopic (exact) mass is 475 g/mol. The number of aromatic nitrogens is 1. The van der Waals surface area contributed by atoms with Crippen molar-refractivity contribution in [3.05, 3.63) is 72.9 Å². The Balaban J connectivity index is 1.75. The van der Waals surface area contributed by atoms with Gasteiger partial charge >= 0.3 is 0 Å². The molecule has 1 aromatic heterocycles. The highest BCUT2D eigenvalue weighted by molar-refractivity contribution is 6.36. The number of quaternary nitrogens is 1. The smallest absolute Gasteiger partial charge is 0.258 e. The number of fused-ring (bicyclic) bond motifs is 1. The Hall–Kier alpha value is -2.50. The zero-order chi connectivity index (χ0) is 22.8. The Morgan fingerprint density at radius 1 is 1.25 bits per heavy atom. The van der Waals surface area contributed by atoms with Crippen molar-refractivity contribution in [2.75, 3.05) is 32.8 Å². The van der Waals surface area contributed by atoms with Gasteiger partial charge in [0, 0.05) is 40.3 Å². The SMILES string of the molecule is Cc1cc2c(c(=O)n1CCC[NH+]1CCOCC1)[C@H](c1c(Cl)cccc1Cl)C(C#N)=C(N)O2. The standard InChI is InChI=1S/C23H24Cl2N4O3/c1-14-12-18-21(23(30)29(14)7-3-6-28-8-10-31-11-9-28)19(15(13-26)22(27)32-18)20-16(24)4-2-5-17(20)25/h2,4-5,12,19H,3,6-11,27H2,1H3/p+1/t19-/m0/s1. The molecule has 0 spiro atoms. The Morgan fingerprint density at radius 3 is 2.59 bits per heavy atom. The van der Waals surface area contributed by atoms with E-state index in [1.54, 1.807) is 28.8 Å². The van der Waals surface area contributed by atoms with Gasteiger partial charge in [0.1, 0.15) is 30.5 Å². The number of nitrogens with zero attached hydrogens (tertiary/aromatic N) is 2. The predicted octanol–water partition coefficient (Wildman–Crippen LogP) is 1.99. The van der Waals surface area contributed by atoms with Crippen LogP contribution >= 0.6 is 23.2 Å². The van der Waals surface area contributed by atoms with Gasteiger partial charge in [0.05, 0.1) is 31.2 Å². The van der Waals surface area contributed by atoms with Crippen molar-refractivity contribution >= 4 is 23.2 Å². The second-order valence-electron chi connectivity index (χ2n) is 8.05. The van der Waals surface area contributed by atoms with Gasteiger partial charge in [-0.15, -0.1) is 0 Å². The minimum absolute atomic E-state index is 0.0477. The van der Waals surface area contributed by atoms with E-state index in [1.807, 2.05) is 6.92 Å². The average molecular weight is 476 g/mol. The van der Waals surface area contributed by atoms with Crippen LogP contribution in [0.15, 0.2) is 40.5 Å². The normalized spacial score (nSPS) is 18.8. The largest absolute Gasteiger partial charge is 0.440 e. The third-order valence-electron chi connectivity index (χ3n) is 6.09. The molecule has 1 saturated heterocycles. The van der Waals surface area contributed by atoms with E-state index < -0.39 is 5.92 Å². The Labute approximate surface area is 196 Å². The van der Waals surface area contributed by atoms with Gasteiger partial charge in [-0.2, -0.15) is 5.26 Å². The fraction of sp³-hybridized carbons (Fsp3) is 0.391. The molecule has 0 amide bonds. The third-order valence-corrected chi connectivity index (χ3v) is 6.75. The lowest BCUT2D eigenvalue weighted by Crippen LogP contribution is -3.14. The minimum Gasteiger partial charge on any atom is -0.440 e. The lowest BCUT2D eigenvalue weighted by Gasteiger charge is -2.28. The van der Waals surface area contributed by atoms with Crippen molar-refractivity contribution in [1.29, 1.82) is 5.26 Å². The van der Waals surface area contributed by atoms with E-state index in [9.17, 15) is 10.1 Å². The molecular formula is C23H25Cl2N4O3+. The number of pyridine rings is 1. The number of ether oxygens (including phenoxy) is 2. The fourth-order valence-electron chi connectivity index (χ4n) is 4.44. The second kappa shape index (κ2) is 9.55. The molecule has 0 bridgehead atoms. The van der Waals surface area contributed by atoms with Crippen LogP contribution in [0, 0.1) is 18.3 Å². The van der Waals surface area contributed by atoms with Crippen molar-refractivity contribution in [2.24, 2.45) is 5.73 Å². The molecule has 1 atom stereocenters. The highest BCUT2D eigenvalue weighted by Gasteiger charge is 2.36. The summed E-state index contributed by atoms with van der Waals surface area (Å²) in [7, 11) is 0. The maximum Gasteiger partial charge on any atom is 0.258 e. The van der Waals surface area contributed by atoms with E-state index in [2.05, 4.69) is 6.07 Å². The highest BCUT2D eigenvalue weighted by Crippen LogP contribution is 2.45. The van der Waals surface area contributed by atoms with Crippen LogP contribution < -0.4 is 20.9 Å². The van der Waals surface area contributed by atoms with E-state index in [1.165, 1.54) is 4.90 Å². The molecule has 0 saturated carbocycles. The second-order valence-corrected chi connectivity index (χ2v) is 8.86. The molecule has 1 fully saturated rings. The van der Waals surface area contributed by atoms with Gasteiger partial charge in [0.15, 0.2) is 0 Å². The Bertz CT molecular complexity index is 1140. The van der Waals surface area contributed by atoms with Crippen LogP contribution in [0.1, 0.15) is 29.2 Å². The summed E-state index contributed by atoms with van der Waals surface area (Å²) in [5, 5.41) is 10.5. The summed E-state index contributed by atoms with van der Waals surface area (Å²) in [6.07, 6.45) is 0.844. The van der Waals surface area contributed by atoms with Gasteiger partial charge in [-0.25, -0.2) is 0 Å². The topological polar surface area (TPSA) is 94.7 Å². The number of allylic oxidation sites excluding steroid dienone is 1. The van der Waals surface area contributed by atoms with Crippen LogP contribution in [0.5, 0.6) is 5.75 Å². The molecule has 4 rings (SSSR count). The first kappa shape index (κ1) is 22.7. The number of nitriles is 1. The Kier molecular flexibility index (Phi) is 6.77. The number of aryl methyl sites for hydroxylation is 1. The van der Waals surface area contributed by atoms with E-state index in [-0.39, 0.29) is 17.0 Å². The summed E-state index contributed by atoms with van der Waals surface area (Å²) in [6, 6.07) is 8.96. The van der Waals surface area contributed by atoms with Crippen LogP contribution in [-0.4, -0.2) is 37.4 Å². The van der Waals surface area contributed by atoms with Gasteiger partial charge in [-0.3, -0.25) is 4.79 Å². The summed E-state index contributed by atoms with van der Waals surface area (Å²) in [5.41, 5.74) is 7.53. The van der Waals surface area contributed by atoms with Crippen LogP contribution in [0.3, 0.4) is 0 Å². The van der Waals surface area contributed by atoms with Crippen molar-refractivity contribution in [3.63, 3.8) is 0 Å². The maximum atomic E-state index is 13.7. The number of morpholine rings is 1. The van der Waals surface area contributed by atoms with Crippen molar-refractivity contribution in [1.82, 2.24) is 4.57 Å². The van der Waals surface area contributed by atoms with Gasteiger partial charge in [-0.05, 0) is 19.1 Å². The predicted molar refractivity (Wildman–Crippen MR) is 122 cm³/mol. The summed E-state index contributed by atoms with van der Waals surface area (Å²) < 4.78 is 12.8. The van der Waals surface area contributed by atoms with E-state index >= 15 is 0 Å². The molecule has 9 heteroatoms. The molecule has 0 unspecified atom stereocenters. The van der Waals surface area contributed by atoms with Gasteiger partial charge in [-0.1, -0.05) is 29.3 Å². The summed E-state index contributed by atoms with van der Waals surface area (Å²) in [5.74, 6) is -0.511. The minimum atomic E-state index is -0.797. The van der Waals surface area contributed by atoms with Gasteiger partial charge in [0.2, 0.25) is 5.88 Å². The summed E-state index contributed by atoms with van der Waals surface area (Å²) in [4.78, 5) is 15.2. The van der Waals surface area contributed by atoms with E-state index in [0.29, 0.717) is 33.5 Å². The first-order valence-electron chi connectivity index (χ1n) is 10.6.